The molecule has 20 heavy (non-hydrogen) atoms. The lowest BCUT2D eigenvalue weighted by atomic mass is 9.90. The van der Waals surface area contributed by atoms with E-state index < -0.39 is 0 Å². The minimum Gasteiger partial charge on any atom is -0.319 e. The molecule has 1 aliphatic carbocycles. The van der Waals surface area contributed by atoms with E-state index in [0.717, 1.165) is 12.8 Å². The van der Waals surface area contributed by atoms with Crippen LogP contribution in [0.25, 0.3) is 0 Å². The molecule has 1 amide bonds. The topological polar surface area (TPSA) is 32.3 Å². The third-order valence-corrected chi connectivity index (χ3v) is 4.66. The largest absolute Gasteiger partial charge is 0.319 e. The Hall–Kier alpha value is -1.35. The molecule has 1 heterocycles. The molecule has 0 bridgehead atoms. The molecule has 2 fully saturated rings. The van der Waals surface area contributed by atoms with Gasteiger partial charge in [0.15, 0.2) is 0 Å². The van der Waals surface area contributed by atoms with Crippen molar-refractivity contribution in [2.45, 2.75) is 58.3 Å². The highest BCUT2D eigenvalue weighted by Crippen LogP contribution is 2.36. The van der Waals surface area contributed by atoms with Crippen LogP contribution in [0.15, 0.2) is 24.3 Å². The molecule has 1 saturated carbocycles. The van der Waals surface area contributed by atoms with Gasteiger partial charge in [-0.05, 0) is 37.7 Å². The fraction of sp³-hybridized carbons (Fsp3) is 0.588. The highest BCUT2D eigenvalue weighted by molar-refractivity contribution is 5.85. The zero-order valence-corrected chi connectivity index (χ0v) is 12.6. The Kier molecular flexibility index (Phi) is 3.55. The number of hydrogen-bond acceptors (Lipinski definition) is 2. The van der Waals surface area contributed by atoms with Gasteiger partial charge in [0.25, 0.3) is 0 Å². The van der Waals surface area contributed by atoms with Gasteiger partial charge in [-0.3, -0.25) is 10.1 Å². The highest BCUT2D eigenvalue weighted by atomic mass is 16.2. The van der Waals surface area contributed by atoms with E-state index in [1.165, 1.54) is 17.5 Å². The summed E-state index contributed by atoms with van der Waals surface area (Å²) in [5, 5.41) is 3.55. The third-order valence-electron chi connectivity index (χ3n) is 4.66. The third kappa shape index (κ3) is 2.24. The Morgan fingerprint density at radius 3 is 2.35 bits per heavy atom. The van der Waals surface area contributed by atoms with Gasteiger partial charge >= 0.3 is 0 Å². The van der Waals surface area contributed by atoms with Crippen molar-refractivity contribution in [1.29, 1.82) is 0 Å². The number of carbonyl (C=O) groups is 1. The number of amides is 1. The molecular weight excluding hydrogens is 248 g/mol. The smallest absolute Gasteiger partial charge is 0.241 e. The van der Waals surface area contributed by atoms with E-state index >= 15 is 0 Å². The maximum atomic E-state index is 12.7. The van der Waals surface area contributed by atoms with Crippen molar-refractivity contribution in [2.75, 3.05) is 0 Å². The summed E-state index contributed by atoms with van der Waals surface area (Å²) in [5.41, 5.74) is 2.47. The molecule has 0 aromatic heterocycles. The number of rotatable bonds is 3. The van der Waals surface area contributed by atoms with Gasteiger partial charge in [-0.1, -0.05) is 43.7 Å². The second kappa shape index (κ2) is 5.21. The number of aryl methyl sites for hydroxylation is 1. The number of hydrogen-bond donors (Lipinski definition) is 1. The normalized spacial score (nSPS) is 27.2. The van der Waals surface area contributed by atoms with Gasteiger partial charge in [-0.15, -0.1) is 0 Å². The second-order valence-corrected chi connectivity index (χ2v) is 6.53. The van der Waals surface area contributed by atoms with Crippen LogP contribution in [0.2, 0.25) is 0 Å². The van der Waals surface area contributed by atoms with Crippen LogP contribution in [0, 0.1) is 12.8 Å². The average molecular weight is 272 g/mol. The van der Waals surface area contributed by atoms with Gasteiger partial charge in [0.05, 0.1) is 6.04 Å². The van der Waals surface area contributed by atoms with Crippen LogP contribution in [-0.2, 0) is 4.79 Å². The first kappa shape index (κ1) is 13.6. The van der Waals surface area contributed by atoms with Crippen molar-refractivity contribution >= 4 is 5.91 Å². The number of benzene rings is 1. The Bertz CT molecular complexity index is 490. The second-order valence-electron chi connectivity index (χ2n) is 6.53. The van der Waals surface area contributed by atoms with Crippen molar-refractivity contribution in [2.24, 2.45) is 5.92 Å². The Morgan fingerprint density at radius 1 is 1.20 bits per heavy atom. The monoisotopic (exact) mass is 272 g/mol. The molecule has 1 saturated heterocycles. The van der Waals surface area contributed by atoms with Crippen molar-refractivity contribution in [3.05, 3.63) is 35.4 Å². The summed E-state index contributed by atoms with van der Waals surface area (Å²) in [5.74, 6) is 0.621. The summed E-state index contributed by atoms with van der Waals surface area (Å²) in [6.45, 7) is 6.33. The first-order valence-electron chi connectivity index (χ1n) is 7.72. The van der Waals surface area contributed by atoms with Gasteiger partial charge < -0.3 is 4.90 Å². The summed E-state index contributed by atoms with van der Waals surface area (Å²) in [6, 6.07) is 8.95. The van der Waals surface area contributed by atoms with Gasteiger partial charge in [0.1, 0.15) is 6.17 Å². The maximum absolute atomic E-state index is 12.7. The number of carbonyl (C=O) groups excluding carboxylic acids is 1. The lowest BCUT2D eigenvalue weighted by Crippen LogP contribution is -2.44. The molecule has 3 nitrogen and oxygen atoms in total. The minimum absolute atomic E-state index is 0.0399. The van der Waals surface area contributed by atoms with E-state index in [2.05, 4.69) is 55.3 Å². The van der Waals surface area contributed by atoms with E-state index in [9.17, 15) is 4.79 Å². The number of nitrogens with one attached hydrogen (secondary N) is 1. The lowest BCUT2D eigenvalue weighted by molar-refractivity contribution is -0.134. The van der Waals surface area contributed by atoms with Crippen LogP contribution in [0.4, 0.5) is 0 Å². The first-order valence-corrected chi connectivity index (χ1v) is 7.72. The lowest BCUT2D eigenvalue weighted by Gasteiger charge is -2.38. The van der Waals surface area contributed by atoms with E-state index in [1.807, 2.05) is 0 Å². The first-order chi connectivity index (χ1) is 9.58. The summed E-state index contributed by atoms with van der Waals surface area (Å²) < 4.78 is 0. The van der Waals surface area contributed by atoms with E-state index in [0.29, 0.717) is 12.0 Å². The molecule has 1 N–H and O–H groups in total. The standard InChI is InChI=1S/C17H24N2O/c1-11(2)15-17(20)19(14-5-4-6-14)16(18-15)13-9-7-12(3)8-10-13/h7-11,14-16,18H,4-6H2,1-3H3. The van der Waals surface area contributed by atoms with Crippen LogP contribution in [0.1, 0.15) is 50.4 Å². The average Bonchev–Trinajstić information content (AvgIpc) is 2.67. The van der Waals surface area contributed by atoms with Gasteiger partial charge in [-0.2, -0.15) is 0 Å². The quantitative estimate of drug-likeness (QED) is 0.917. The molecule has 2 aliphatic rings. The van der Waals surface area contributed by atoms with Crippen LogP contribution >= 0.6 is 0 Å². The maximum Gasteiger partial charge on any atom is 0.241 e. The molecule has 3 rings (SSSR count). The Morgan fingerprint density at radius 2 is 1.85 bits per heavy atom. The molecular formula is C17H24N2O. The van der Waals surface area contributed by atoms with Crippen molar-refractivity contribution in [1.82, 2.24) is 10.2 Å². The SMILES string of the molecule is Cc1ccc(C2NC(C(C)C)C(=O)N2C2CCC2)cc1. The fourth-order valence-corrected chi connectivity index (χ4v) is 3.15. The predicted molar refractivity (Wildman–Crippen MR) is 80.2 cm³/mol. The summed E-state index contributed by atoms with van der Waals surface area (Å²) >= 11 is 0. The Balaban J connectivity index is 1.90. The van der Waals surface area contributed by atoms with Crippen molar-refractivity contribution in [3.8, 4) is 0 Å². The zero-order chi connectivity index (χ0) is 14.3. The molecule has 0 radical (unpaired) electrons. The van der Waals surface area contributed by atoms with Crippen LogP contribution < -0.4 is 5.32 Å². The summed E-state index contributed by atoms with van der Waals surface area (Å²) in [7, 11) is 0. The van der Waals surface area contributed by atoms with Crippen LogP contribution in [0.5, 0.6) is 0 Å². The minimum atomic E-state index is -0.0399. The molecule has 3 heteroatoms. The molecule has 1 aliphatic heterocycles. The zero-order valence-electron chi connectivity index (χ0n) is 12.6. The Labute approximate surface area is 121 Å². The molecule has 2 atom stereocenters. The van der Waals surface area contributed by atoms with Crippen molar-refractivity contribution in [3.63, 3.8) is 0 Å². The molecule has 1 aromatic rings. The predicted octanol–water partition coefficient (Wildman–Crippen LogP) is 3.00. The molecule has 108 valence electrons. The van der Waals surface area contributed by atoms with Gasteiger partial charge in [0.2, 0.25) is 5.91 Å². The van der Waals surface area contributed by atoms with E-state index in [1.54, 1.807) is 0 Å². The summed E-state index contributed by atoms with van der Waals surface area (Å²) in [6.07, 6.45) is 3.61. The van der Waals surface area contributed by atoms with Gasteiger partial charge in [-0.25, -0.2) is 0 Å². The summed E-state index contributed by atoms with van der Waals surface area (Å²) in [4.78, 5) is 14.8. The van der Waals surface area contributed by atoms with Crippen LogP contribution in [-0.4, -0.2) is 22.9 Å². The highest BCUT2D eigenvalue weighted by Gasteiger charge is 2.45. The molecule has 0 spiro atoms. The van der Waals surface area contributed by atoms with Crippen molar-refractivity contribution < 1.29 is 4.79 Å². The molecule has 2 unspecified atom stereocenters. The number of nitrogens with zero attached hydrogens (tertiary/aromatic N) is 1. The molecule has 1 aromatic carbocycles. The van der Waals surface area contributed by atoms with Gasteiger partial charge in [0, 0.05) is 6.04 Å². The fourth-order valence-electron chi connectivity index (χ4n) is 3.15. The van der Waals surface area contributed by atoms with E-state index in [-0.39, 0.29) is 18.1 Å². The van der Waals surface area contributed by atoms with Crippen LogP contribution in [0.3, 0.4) is 0 Å². The van der Waals surface area contributed by atoms with E-state index in [4.69, 9.17) is 0 Å².